The monoisotopic (exact) mass is 288 g/mol. The van der Waals surface area contributed by atoms with Crippen molar-refractivity contribution in [1.29, 1.82) is 0 Å². The summed E-state index contributed by atoms with van der Waals surface area (Å²) in [5.74, 6) is -0.0151. The van der Waals surface area contributed by atoms with Crippen molar-refractivity contribution in [2.24, 2.45) is 0 Å². The molecule has 2 rings (SSSR count). The Morgan fingerprint density at radius 3 is 2.94 bits per heavy atom. The van der Waals surface area contributed by atoms with Gasteiger partial charge in [-0.15, -0.1) is 10.2 Å². The molecule has 98 valence electrons. The standard InChI is InChI=1S/C11H14Cl2N4O/c1-14-11(18)7-4-2-3-5-17(7)8-6-9(12)15-16-10(8)13/h6-7H,2-5H2,1H3,(H,14,18). The van der Waals surface area contributed by atoms with E-state index in [0.717, 1.165) is 25.8 Å². The average molecular weight is 289 g/mol. The van der Waals surface area contributed by atoms with Crippen LogP contribution in [0.3, 0.4) is 0 Å². The number of aromatic nitrogens is 2. The zero-order valence-corrected chi connectivity index (χ0v) is 11.5. The van der Waals surface area contributed by atoms with Gasteiger partial charge in [0.15, 0.2) is 10.3 Å². The average Bonchev–Trinajstić information content (AvgIpc) is 2.40. The van der Waals surface area contributed by atoms with Gasteiger partial charge in [0, 0.05) is 19.7 Å². The molecule has 0 saturated carbocycles. The summed E-state index contributed by atoms with van der Waals surface area (Å²) < 4.78 is 0. The number of anilines is 1. The Bertz CT molecular complexity index is 455. The predicted molar refractivity (Wildman–Crippen MR) is 71.1 cm³/mol. The van der Waals surface area contributed by atoms with E-state index < -0.39 is 0 Å². The van der Waals surface area contributed by atoms with Gasteiger partial charge >= 0.3 is 0 Å². The van der Waals surface area contributed by atoms with E-state index in [-0.39, 0.29) is 22.3 Å². The normalized spacial score (nSPS) is 19.7. The molecule has 0 aliphatic carbocycles. The molecule has 5 nitrogen and oxygen atoms in total. The zero-order valence-electron chi connectivity index (χ0n) is 9.99. The molecule has 1 aliphatic heterocycles. The summed E-state index contributed by atoms with van der Waals surface area (Å²) in [5, 5.41) is 10.7. The first kappa shape index (κ1) is 13.4. The van der Waals surface area contributed by atoms with Gasteiger partial charge in [0.05, 0.1) is 5.69 Å². The van der Waals surface area contributed by atoms with E-state index in [4.69, 9.17) is 23.2 Å². The van der Waals surface area contributed by atoms with Gasteiger partial charge in [-0.3, -0.25) is 4.79 Å². The van der Waals surface area contributed by atoms with Crippen LogP contribution in [0.4, 0.5) is 5.69 Å². The lowest BCUT2D eigenvalue weighted by molar-refractivity contribution is -0.122. The highest BCUT2D eigenvalue weighted by molar-refractivity contribution is 6.33. The number of likely N-dealkylation sites (N-methyl/N-ethyl adjacent to an activating group) is 1. The number of piperidine rings is 1. The summed E-state index contributed by atoms with van der Waals surface area (Å²) in [7, 11) is 1.63. The molecule has 1 N–H and O–H groups in total. The Kier molecular flexibility index (Phi) is 4.24. The van der Waals surface area contributed by atoms with Crippen molar-refractivity contribution in [3.63, 3.8) is 0 Å². The number of halogens is 2. The minimum Gasteiger partial charge on any atom is -0.357 e. The number of hydrogen-bond donors (Lipinski definition) is 1. The maximum Gasteiger partial charge on any atom is 0.242 e. The molecule has 1 aliphatic rings. The van der Waals surface area contributed by atoms with Gasteiger partial charge in [-0.1, -0.05) is 23.2 Å². The second kappa shape index (κ2) is 5.71. The van der Waals surface area contributed by atoms with Crippen molar-refractivity contribution in [3.05, 3.63) is 16.4 Å². The fourth-order valence-electron chi connectivity index (χ4n) is 2.20. The summed E-state index contributed by atoms with van der Waals surface area (Å²) in [6.45, 7) is 0.764. The molecular formula is C11H14Cl2N4O. The van der Waals surface area contributed by atoms with Gasteiger partial charge in [-0.2, -0.15) is 0 Å². The van der Waals surface area contributed by atoms with E-state index >= 15 is 0 Å². The topological polar surface area (TPSA) is 58.1 Å². The molecule has 0 spiro atoms. The minimum atomic E-state index is -0.221. The highest BCUT2D eigenvalue weighted by atomic mass is 35.5. The fourth-order valence-corrected chi connectivity index (χ4v) is 2.55. The Labute approximate surface area is 115 Å². The van der Waals surface area contributed by atoms with E-state index in [1.165, 1.54) is 0 Å². The Hall–Kier alpha value is -1.07. The quantitative estimate of drug-likeness (QED) is 0.903. The maximum atomic E-state index is 11.9. The largest absolute Gasteiger partial charge is 0.357 e. The first-order valence-electron chi connectivity index (χ1n) is 5.80. The minimum absolute atomic E-state index is 0.0151. The first-order valence-corrected chi connectivity index (χ1v) is 6.56. The lowest BCUT2D eigenvalue weighted by Gasteiger charge is -2.36. The van der Waals surface area contributed by atoms with E-state index in [2.05, 4.69) is 15.5 Å². The Morgan fingerprint density at radius 2 is 2.22 bits per heavy atom. The van der Waals surface area contributed by atoms with Gasteiger partial charge in [0.1, 0.15) is 6.04 Å². The molecule has 1 atom stereocenters. The molecule has 1 unspecified atom stereocenters. The lowest BCUT2D eigenvalue weighted by Crippen LogP contribution is -2.49. The second-order valence-corrected chi connectivity index (χ2v) is 4.91. The molecule has 1 amide bonds. The zero-order chi connectivity index (χ0) is 13.1. The third kappa shape index (κ3) is 2.67. The SMILES string of the molecule is CNC(=O)C1CCCCN1c1cc(Cl)nnc1Cl. The van der Waals surface area contributed by atoms with Crippen molar-refractivity contribution in [1.82, 2.24) is 15.5 Å². The molecule has 1 saturated heterocycles. The van der Waals surface area contributed by atoms with Crippen molar-refractivity contribution in [2.45, 2.75) is 25.3 Å². The number of carbonyl (C=O) groups is 1. The summed E-state index contributed by atoms with van der Waals surface area (Å²) in [5.41, 5.74) is 0.671. The van der Waals surface area contributed by atoms with Crippen LogP contribution in [0.2, 0.25) is 10.3 Å². The first-order chi connectivity index (χ1) is 8.63. The van der Waals surface area contributed by atoms with Gasteiger partial charge in [-0.25, -0.2) is 0 Å². The molecule has 1 fully saturated rings. The van der Waals surface area contributed by atoms with E-state index in [0.29, 0.717) is 5.69 Å². The van der Waals surface area contributed by atoms with E-state index in [1.54, 1.807) is 13.1 Å². The molecule has 2 heterocycles. The van der Waals surface area contributed by atoms with Crippen molar-refractivity contribution in [2.75, 3.05) is 18.5 Å². The third-order valence-corrected chi connectivity index (χ3v) is 3.52. The summed E-state index contributed by atoms with van der Waals surface area (Å²) in [4.78, 5) is 13.8. The molecule has 0 aromatic carbocycles. The number of carbonyl (C=O) groups excluding carboxylic acids is 1. The van der Waals surface area contributed by atoms with Crippen LogP contribution in [-0.2, 0) is 4.79 Å². The van der Waals surface area contributed by atoms with E-state index in [1.807, 2.05) is 4.90 Å². The third-order valence-electron chi connectivity index (χ3n) is 3.06. The number of hydrogen-bond acceptors (Lipinski definition) is 4. The van der Waals surface area contributed by atoms with Crippen molar-refractivity contribution in [3.8, 4) is 0 Å². The Morgan fingerprint density at radius 1 is 1.44 bits per heavy atom. The van der Waals surface area contributed by atoms with Crippen LogP contribution in [0, 0.1) is 0 Å². The molecular weight excluding hydrogens is 275 g/mol. The van der Waals surface area contributed by atoms with Crippen LogP contribution < -0.4 is 10.2 Å². The fraction of sp³-hybridized carbons (Fsp3) is 0.545. The van der Waals surface area contributed by atoms with Gasteiger partial charge in [0.2, 0.25) is 5.91 Å². The smallest absolute Gasteiger partial charge is 0.242 e. The van der Waals surface area contributed by atoms with Crippen molar-refractivity contribution >= 4 is 34.8 Å². The molecule has 0 bridgehead atoms. The highest BCUT2D eigenvalue weighted by Gasteiger charge is 2.30. The summed E-state index contributed by atoms with van der Waals surface area (Å²) in [6, 6.07) is 1.43. The number of rotatable bonds is 2. The van der Waals surface area contributed by atoms with Crippen LogP contribution in [0.25, 0.3) is 0 Å². The van der Waals surface area contributed by atoms with Crippen LogP contribution >= 0.6 is 23.2 Å². The van der Waals surface area contributed by atoms with Crippen molar-refractivity contribution < 1.29 is 4.79 Å². The number of amides is 1. The number of nitrogens with one attached hydrogen (secondary N) is 1. The molecule has 1 aromatic rings. The van der Waals surface area contributed by atoms with Crippen LogP contribution in [0.1, 0.15) is 19.3 Å². The van der Waals surface area contributed by atoms with Crippen LogP contribution in [0.15, 0.2) is 6.07 Å². The molecule has 18 heavy (non-hydrogen) atoms. The lowest BCUT2D eigenvalue weighted by atomic mass is 10.0. The van der Waals surface area contributed by atoms with Gasteiger partial charge < -0.3 is 10.2 Å². The summed E-state index contributed by atoms with van der Waals surface area (Å²) >= 11 is 11.9. The molecule has 1 aromatic heterocycles. The molecule has 0 radical (unpaired) electrons. The second-order valence-electron chi connectivity index (χ2n) is 4.16. The van der Waals surface area contributed by atoms with Gasteiger partial charge in [-0.05, 0) is 19.3 Å². The summed E-state index contributed by atoms with van der Waals surface area (Å²) in [6.07, 6.45) is 2.85. The van der Waals surface area contributed by atoms with Crippen LogP contribution in [0.5, 0.6) is 0 Å². The molecule has 7 heteroatoms. The maximum absolute atomic E-state index is 11.9. The van der Waals surface area contributed by atoms with Gasteiger partial charge in [0.25, 0.3) is 0 Å². The number of nitrogens with zero attached hydrogens (tertiary/aromatic N) is 3. The Balaban J connectivity index is 2.33. The predicted octanol–water partition coefficient (Wildman–Crippen LogP) is 1.89. The highest BCUT2D eigenvalue weighted by Crippen LogP contribution is 2.30. The van der Waals surface area contributed by atoms with Crippen LogP contribution in [-0.4, -0.2) is 35.7 Å². The van der Waals surface area contributed by atoms with E-state index in [9.17, 15) is 4.79 Å².